The van der Waals surface area contributed by atoms with Crippen LogP contribution in [0.4, 0.5) is 0 Å². The number of hydrogen-bond donors (Lipinski definition) is 2. The highest BCUT2D eigenvalue weighted by atomic mass is 32.1. The number of amides is 1. The number of rotatable bonds is 5. The van der Waals surface area contributed by atoms with Crippen LogP contribution in [0.15, 0.2) is 6.07 Å². The van der Waals surface area contributed by atoms with Crippen LogP contribution in [0.3, 0.4) is 0 Å². The molecule has 0 saturated heterocycles. The Balaban J connectivity index is 1.91. The summed E-state index contributed by atoms with van der Waals surface area (Å²) in [6, 6.07) is 2.02. The zero-order chi connectivity index (χ0) is 14.5. The van der Waals surface area contributed by atoms with Crippen molar-refractivity contribution in [1.29, 1.82) is 0 Å². The van der Waals surface area contributed by atoms with Crippen molar-refractivity contribution in [2.24, 2.45) is 5.92 Å². The summed E-state index contributed by atoms with van der Waals surface area (Å²) in [4.78, 5) is 24.8. The Hall–Kier alpha value is -1.36. The van der Waals surface area contributed by atoms with Crippen molar-refractivity contribution in [3.8, 4) is 0 Å². The summed E-state index contributed by atoms with van der Waals surface area (Å²) < 4.78 is 0. The molecular weight excluding hydrogens is 274 g/mol. The lowest BCUT2D eigenvalue weighted by atomic mass is 10.1. The minimum atomic E-state index is -0.824. The number of carboxylic acid groups (broad SMARTS) is 1. The van der Waals surface area contributed by atoms with Gasteiger partial charge in [-0.25, -0.2) is 0 Å². The molecule has 2 rings (SSSR count). The molecule has 1 aliphatic carbocycles. The molecule has 1 aromatic heterocycles. The smallest absolute Gasteiger partial charge is 0.303 e. The molecule has 0 saturated carbocycles. The number of fused-ring (bicyclic) bond motifs is 1. The molecule has 0 bridgehead atoms. The molecule has 1 aromatic rings. The highest BCUT2D eigenvalue weighted by Crippen LogP contribution is 2.28. The number of carbonyl (C=O) groups excluding carboxylic acids is 1. The van der Waals surface area contributed by atoms with Crippen LogP contribution in [0, 0.1) is 5.92 Å². The molecule has 1 unspecified atom stereocenters. The third kappa shape index (κ3) is 4.07. The number of aliphatic carboxylic acids is 1. The third-order valence-electron chi connectivity index (χ3n) is 3.60. The van der Waals surface area contributed by atoms with E-state index in [1.54, 1.807) is 11.3 Å². The van der Waals surface area contributed by atoms with Gasteiger partial charge in [-0.15, -0.1) is 11.3 Å². The standard InChI is InChI=1S/C15H21NO3S/c1-10(7-14(17)18)9-16-15(19)13-8-11-5-3-2-4-6-12(11)20-13/h8,10H,2-7,9H2,1H3,(H,16,19)(H,17,18). The maximum Gasteiger partial charge on any atom is 0.303 e. The highest BCUT2D eigenvalue weighted by Gasteiger charge is 2.17. The van der Waals surface area contributed by atoms with Gasteiger partial charge < -0.3 is 10.4 Å². The fourth-order valence-corrected chi connectivity index (χ4v) is 3.67. The van der Waals surface area contributed by atoms with Gasteiger partial charge in [0.25, 0.3) is 5.91 Å². The molecule has 4 nitrogen and oxygen atoms in total. The molecule has 1 atom stereocenters. The van der Waals surface area contributed by atoms with Crippen LogP contribution < -0.4 is 5.32 Å². The Labute approximate surface area is 123 Å². The largest absolute Gasteiger partial charge is 0.481 e. The van der Waals surface area contributed by atoms with Crippen LogP contribution >= 0.6 is 11.3 Å². The van der Waals surface area contributed by atoms with E-state index in [1.165, 1.54) is 29.7 Å². The van der Waals surface area contributed by atoms with E-state index in [0.29, 0.717) is 6.54 Å². The van der Waals surface area contributed by atoms with Gasteiger partial charge in [0.1, 0.15) is 0 Å². The second-order valence-corrected chi connectivity index (χ2v) is 6.67. The van der Waals surface area contributed by atoms with Gasteiger partial charge >= 0.3 is 5.97 Å². The van der Waals surface area contributed by atoms with Crippen LogP contribution in [-0.4, -0.2) is 23.5 Å². The maximum atomic E-state index is 12.1. The van der Waals surface area contributed by atoms with Crippen molar-refractivity contribution in [1.82, 2.24) is 5.32 Å². The van der Waals surface area contributed by atoms with Crippen LogP contribution in [0.25, 0.3) is 0 Å². The van der Waals surface area contributed by atoms with Gasteiger partial charge in [0.15, 0.2) is 0 Å². The lowest BCUT2D eigenvalue weighted by molar-refractivity contribution is -0.137. The summed E-state index contributed by atoms with van der Waals surface area (Å²) in [6.07, 6.45) is 5.94. The zero-order valence-electron chi connectivity index (χ0n) is 11.8. The SMILES string of the molecule is CC(CNC(=O)c1cc2c(s1)CCCCC2)CC(=O)O. The minimum absolute atomic E-state index is 0.0470. The summed E-state index contributed by atoms with van der Waals surface area (Å²) in [6.45, 7) is 2.24. The van der Waals surface area contributed by atoms with E-state index in [9.17, 15) is 9.59 Å². The molecule has 5 heteroatoms. The molecule has 0 aromatic carbocycles. The van der Waals surface area contributed by atoms with E-state index in [-0.39, 0.29) is 18.2 Å². The number of carboxylic acids is 1. The van der Waals surface area contributed by atoms with E-state index < -0.39 is 5.97 Å². The first-order chi connectivity index (χ1) is 9.56. The Bertz CT molecular complexity index is 472. The van der Waals surface area contributed by atoms with Crippen molar-refractivity contribution in [3.63, 3.8) is 0 Å². The number of nitrogens with one attached hydrogen (secondary N) is 1. The summed E-state index contributed by atoms with van der Waals surface area (Å²) in [7, 11) is 0. The third-order valence-corrected chi connectivity index (χ3v) is 4.84. The van der Waals surface area contributed by atoms with Crippen LogP contribution in [-0.2, 0) is 17.6 Å². The Morgan fingerprint density at radius 2 is 2.10 bits per heavy atom. The first-order valence-electron chi connectivity index (χ1n) is 7.18. The van der Waals surface area contributed by atoms with Crippen LogP contribution in [0.5, 0.6) is 0 Å². The fourth-order valence-electron chi connectivity index (χ4n) is 2.50. The summed E-state index contributed by atoms with van der Waals surface area (Å²) >= 11 is 1.59. The summed E-state index contributed by atoms with van der Waals surface area (Å²) in [5.74, 6) is -0.941. The number of carbonyl (C=O) groups is 2. The number of thiophene rings is 1. The van der Waals surface area contributed by atoms with Crippen LogP contribution in [0.2, 0.25) is 0 Å². The number of hydrogen-bond acceptors (Lipinski definition) is 3. The predicted octanol–water partition coefficient (Wildman–Crippen LogP) is 2.86. The first kappa shape index (κ1) is 15.0. The normalized spacial score (nSPS) is 16.1. The van der Waals surface area contributed by atoms with Gasteiger partial charge in [-0.2, -0.15) is 0 Å². The summed E-state index contributed by atoms with van der Waals surface area (Å²) in [5.41, 5.74) is 1.33. The van der Waals surface area contributed by atoms with E-state index in [1.807, 2.05) is 13.0 Å². The summed E-state index contributed by atoms with van der Waals surface area (Å²) in [5, 5.41) is 11.5. The minimum Gasteiger partial charge on any atom is -0.481 e. The van der Waals surface area contributed by atoms with Crippen molar-refractivity contribution in [2.45, 2.75) is 45.4 Å². The molecule has 1 aliphatic rings. The predicted molar refractivity (Wildman–Crippen MR) is 79.3 cm³/mol. The molecule has 1 amide bonds. The van der Waals surface area contributed by atoms with Gasteiger partial charge in [0, 0.05) is 17.8 Å². The zero-order valence-corrected chi connectivity index (χ0v) is 12.6. The van der Waals surface area contributed by atoms with E-state index >= 15 is 0 Å². The molecule has 0 aliphatic heterocycles. The molecular formula is C15H21NO3S. The molecule has 1 heterocycles. The van der Waals surface area contributed by atoms with Crippen molar-refractivity contribution in [2.75, 3.05) is 6.54 Å². The van der Waals surface area contributed by atoms with Crippen LogP contribution in [0.1, 0.15) is 52.7 Å². The van der Waals surface area contributed by atoms with Gasteiger partial charge in [0.05, 0.1) is 4.88 Å². The molecule has 0 radical (unpaired) electrons. The molecule has 0 spiro atoms. The van der Waals surface area contributed by atoms with E-state index in [0.717, 1.165) is 17.7 Å². The maximum absolute atomic E-state index is 12.1. The van der Waals surface area contributed by atoms with Gasteiger partial charge in [-0.05, 0) is 43.2 Å². The van der Waals surface area contributed by atoms with Crippen molar-refractivity contribution >= 4 is 23.2 Å². The second kappa shape index (κ2) is 6.88. The lowest BCUT2D eigenvalue weighted by Crippen LogP contribution is -2.28. The highest BCUT2D eigenvalue weighted by molar-refractivity contribution is 7.14. The van der Waals surface area contributed by atoms with Gasteiger partial charge in [-0.1, -0.05) is 13.3 Å². The molecule has 0 fully saturated rings. The second-order valence-electron chi connectivity index (χ2n) is 5.53. The quantitative estimate of drug-likeness (QED) is 0.821. The van der Waals surface area contributed by atoms with E-state index in [4.69, 9.17) is 5.11 Å². The fraction of sp³-hybridized carbons (Fsp3) is 0.600. The Morgan fingerprint density at radius 1 is 1.35 bits per heavy atom. The van der Waals surface area contributed by atoms with E-state index in [2.05, 4.69) is 5.32 Å². The lowest BCUT2D eigenvalue weighted by Gasteiger charge is -2.09. The topological polar surface area (TPSA) is 66.4 Å². The molecule has 20 heavy (non-hydrogen) atoms. The monoisotopic (exact) mass is 295 g/mol. The van der Waals surface area contributed by atoms with Gasteiger partial charge in [-0.3, -0.25) is 9.59 Å². The Kier molecular flexibility index (Phi) is 5.17. The Morgan fingerprint density at radius 3 is 2.85 bits per heavy atom. The van der Waals surface area contributed by atoms with Crippen molar-refractivity contribution in [3.05, 3.63) is 21.4 Å². The van der Waals surface area contributed by atoms with Crippen molar-refractivity contribution < 1.29 is 14.7 Å². The number of aryl methyl sites for hydroxylation is 2. The molecule has 2 N–H and O–H groups in total. The molecule has 110 valence electrons. The average Bonchev–Trinajstić information content (AvgIpc) is 2.67. The average molecular weight is 295 g/mol. The van der Waals surface area contributed by atoms with Gasteiger partial charge in [0.2, 0.25) is 0 Å². The first-order valence-corrected chi connectivity index (χ1v) is 7.99.